The predicted molar refractivity (Wildman–Crippen MR) is 60.6 cm³/mol. The largest absolute Gasteiger partial charge is 0.449 e. The third kappa shape index (κ3) is 2.74. The van der Waals surface area contributed by atoms with Gasteiger partial charge in [0.2, 0.25) is 17.4 Å². The van der Waals surface area contributed by atoms with E-state index in [2.05, 4.69) is 4.98 Å². The van der Waals surface area contributed by atoms with Gasteiger partial charge in [0.1, 0.15) is 5.75 Å². The van der Waals surface area contributed by atoms with Gasteiger partial charge in [-0.25, -0.2) is 0 Å². The number of nitrogens with zero attached hydrogens (tertiary/aromatic N) is 1. The van der Waals surface area contributed by atoms with Gasteiger partial charge in [0.25, 0.3) is 11.9 Å². The highest BCUT2D eigenvalue weighted by molar-refractivity contribution is 6.35. The number of rotatable bonds is 2. The number of ether oxygens (including phenoxy) is 1. The Bertz CT molecular complexity index is 625. The van der Waals surface area contributed by atoms with Crippen LogP contribution in [0.1, 0.15) is 0 Å². The van der Waals surface area contributed by atoms with Gasteiger partial charge in [0.05, 0.1) is 5.02 Å². The molecule has 1 aromatic heterocycles. The zero-order valence-corrected chi connectivity index (χ0v) is 10.4. The van der Waals surface area contributed by atoms with Gasteiger partial charge in [-0.3, -0.25) is 0 Å². The highest BCUT2D eigenvalue weighted by atomic mass is 35.5. The second kappa shape index (κ2) is 5.22. The van der Waals surface area contributed by atoms with E-state index in [4.69, 9.17) is 27.9 Å². The first-order valence-electron chi connectivity index (χ1n) is 4.73. The van der Waals surface area contributed by atoms with Gasteiger partial charge in [0, 0.05) is 5.02 Å². The molecular weight excluding hydrogens is 309 g/mol. The number of benzene rings is 1. The lowest BCUT2D eigenvalue weighted by Crippen LogP contribution is -2.03. The van der Waals surface area contributed by atoms with Crippen molar-refractivity contribution in [2.75, 3.05) is 0 Å². The molecule has 0 radical (unpaired) electrons. The van der Waals surface area contributed by atoms with E-state index in [1.807, 2.05) is 0 Å². The van der Waals surface area contributed by atoms with Crippen molar-refractivity contribution in [3.63, 3.8) is 0 Å². The van der Waals surface area contributed by atoms with Crippen LogP contribution in [0.25, 0.3) is 0 Å². The zero-order valence-electron chi connectivity index (χ0n) is 8.86. The Morgan fingerprint density at radius 1 is 0.947 bits per heavy atom. The van der Waals surface area contributed by atoms with E-state index in [-0.39, 0.29) is 15.8 Å². The Labute approximate surface area is 114 Å². The maximum Gasteiger partial charge on any atom is 0.255 e. The fraction of sp³-hybridized carbons (Fsp3) is 0. The molecule has 0 amide bonds. The normalized spacial score (nSPS) is 10.6. The molecule has 0 saturated carbocycles. The van der Waals surface area contributed by atoms with Gasteiger partial charge in [-0.05, 0) is 18.2 Å². The summed E-state index contributed by atoms with van der Waals surface area (Å²) in [4.78, 5) is 2.39. The molecule has 8 heteroatoms. The number of hydrogen-bond acceptors (Lipinski definition) is 2. The molecule has 0 aliphatic rings. The summed E-state index contributed by atoms with van der Waals surface area (Å²) in [7, 11) is 0. The minimum Gasteiger partial charge on any atom is -0.449 e. The van der Waals surface area contributed by atoms with Gasteiger partial charge < -0.3 is 4.74 Å². The van der Waals surface area contributed by atoms with Crippen LogP contribution in [0.2, 0.25) is 10.0 Å². The number of halogens is 6. The summed E-state index contributed by atoms with van der Waals surface area (Å²) in [5.41, 5.74) is 0. The van der Waals surface area contributed by atoms with E-state index in [1.165, 1.54) is 18.2 Å². The van der Waals surface area contributed by atoms with Crippen molar-refractivity contribution in [3.8, 4) is 11.5 Å². The van der Waals surface area contributed by atoms with Crippen LogP contribution in [0, 0.1) is 23.5 Å². The molecule has 100 valence electrons. The lowest BCUT2D eigenvalue weighted by Gasteiger charge is -2.09. The van der Waals surface area contributed by atoms with Crippen LogP contribution in [0.3, 0.4) is 0 Å². The second-order valence-electron chi connectivity index (χ2n) is 3.33. The van der Waals surface area contributed by atoms with Crippen molar-refractivity contribution >= 4 is 23.2 Å². The Morgan fingerprint density at radius 2 is 1.53 bits per heavy atom. The predicted octanol–water partition coefficient (Wildman–Crippen LogP) is 4.74. The zero-order chi connectivity index (χ0) is 14.2. The lowest BCUT2D eigenvalue weighted by atomic mass is 10.3. The van der Waals surface area contributed by atoms with Crippen molar-refractivity contribution in [1.29, 1.82) is 0 Å². The first kappa shape index (κ1) is 13.9. The van der Waals surface area contributed by atoms with E-state index < -0.39 is 29.3 Å². The minimum atomic E-state index is -1.82. The summed E-state index contributed by atoms with van der Waals surface area (Å²) < 4.78 is 57.0. The molecule has 0 N–H and O–H groups in total. The Hall–Kier alpha value is -1.53. The first-order valence-corrected chi connectivity index (χ1v) is 5.48. The molecule has 0 atom stereocenters. The highest BCUT2D eigenvalue weighted by Crippen LogP contribution is 2.34. The maximum absolute atomic E-state index is 13.3. The van der Waals surface area contributed by atoms with Crippen molar-refractivity contribution in [1.82, 2.24) is 4.98 Å². The Kier molecular flexibility index (Phi) is 3.82. The molecule has 1 heterocycles. The summed E-state index contributed by atoms with van der Waals surface area (Å²) in [6.07, 6.45) is 0. The average molecular weight is 312 g/mol. The fourth-order valence-corrected chi connectivity index (χ4v) is 1.67. The highest BCUT2D eigenvalue weighted by Gasteiger charge is 2.23. The van der Waals surface area contributed by atoms with Gasteiger partial charge in [-0.2, -0.15) is 22.5 Å². The number of aromatic nitrogens is 1. The van der Waals surface area contributed by atoms with Crippen molar-refractivity contribution in [3.05, 3.63) is 51.8 Å². The smallest absolute Gasteiger partial charge is 0.255 e. The molecule has 0 aliphatic heterocycles. The maximum atomic E-state index is 13.3. The van der Waals surface area contributed by atoms with Crippen molar-refractivity contribution in [2.45, 2.75) is 0 Å². The summed E-state index contributed by atoms with van der Waals surface area (Å²) >= 11 is 11.3. The third-order valence-corrected chi connectivity index (χ3v) is 2.59. The molecule has 0 aliphatic carbocycles. The van der Waals surface area contributed by atoms with Crippen LogP contribution in [-0.4, -0.2) is 4.98 Å². The molecule has 2 aromatic rings. The van der Waals surface area contributed by atoms with Crippen LogP contribution < -0.4 is 4.74 Å². The fourth-order valence-electron chi connectivity index (χ4n) is 1.23. The quantitative estimate of drug-likeness (QED) is 0.590. The number of hydrogen-bond donors (Lipinski definition) is 0. The molecule has 19 heavy (non-hydrogen) atoms. The summed E-state index contributed by atoms with van der Waals surface area (Å²) in [6.45, 7) is 0. The molecule has 0 spiro atoms. The standard InChI is InChI=1S/C11H3Cl2F4NO/c12-4-1-2-6(5(13)3-4)19-9-7(14)10(16)18-11(17)8(9)15/h1-3H. The lowest BCUT2D eigenvalue weighted by molar-refractivity contribution is 0.343. The SMILES string of the molecule is Fc1nc(F)c(F)c(Oc2ccc(Cl)cc2Cl)c1F. The van der Waals surface area contributed by atoms with E-state index >= 15 is 0 Å². The average Bonchev–Trinajstić information content (AvgIpc) is 2.34. The Balaban J connectivity index is 2.49. The molecule has 0 fully saturated rings. The molecule has 2 rings (SSSR count). The monoisotopic (exact) mass is 311 g/mol. The molecule has 0 unspecified atom stereocenters. The Morgan fingerprint density at radius 3 is 2.05 bits per heavy atom. The molecule has 1 aromatic carbocycles. The third-order valence-electron chi connectivity index (χ3n) is 2.06. The van der Waals surface area contributed by atoms with E-state index in [0.717, 1.165) is 0 Å². The topological polar surface area (TPSA) is 22.1 Å². The molecular formula is C11H3Cl2F4NO. The van der Waals surface area contributed by atoms with E-state index in [1.54, 1.807) is 0 Å². The second-order valence-corrected chi connectivity index (χ2v) is 4.17. The summed E-state index contributed by atoms with van der Waals surface area (Å²) in [5.74, 6) is -8.64. The van der Waals surface area contributed by atoms with Gasteiger partial charge in [-0.15, -0.1) is 0 Å². The van der Waals surface area contributed by atoms with Crippen LogP contribution >= 0.6 is 23.2 Å². The van der Waals surface area contributed by atoms with Crippen LogP contribution in [0.15, 0.2) is 18.2 Å². The van der Waals surface area contributed by atoms with Gasteiger partial charge in [-0.1, -0.05) is 23.2 Å². The van der Waals surface area contributed by atoms with Crippen molar-refractivity contribution in [2.24, 2.45) is 0 Å². The molecule has 2 nitrogen and oxygen atoms in total. The first-order chi connectivity index (χ1) is 8.90. The van der Waals surface area contributed by atoms with Crippen LogP contribution in [0.4, 0.5) is 17.6 Å². The van der Waals surface area contributed by atoms with E-state index in [9.17, 15) is 17.6 Å². The van der Waals surface area contributed by atoms with Crippen LogP contribution in [0.5, 0.6) is 11.5 Å². The summed E-state index contributed by atoms with van der Waals surface area (Å²) in [6, 6.07) is 3.76. The molecule has 0 saturated heterocycles. The molecule has 0 bridgehead atoms. The van der Waals surface area contributed by atoms with E-state index in [0.29, 0.717) is 0 Å². The van der Waals surface area contributed by atoms with Gasteiger partial charge in [0.15, 0.2) is 0 Å². The minimum absolute atomic E-state index is 0.0797. The summed E-state index contributed by atoms with van der Waals surface area (Å²) in [5, 5.41) is 0.175. The van der Waals surface area contributed by atoms with Crippen molar-refractivity contribution < 1.29 is 22.3 Å². The van der Waals surface area contributed by atoms with Crippen LogP contribution in [-0.2, 0) is 0 Å². The number of pyridine rings is 1. The van der Waals surface area contributed by atoms with Gasteiger partial charge >= 0.3 is 0 Å².